The number of nitrogens with one attached hydrogen (secondary N) is 2. The Hall–Kier alpha value is -1.46. The molecule has 2 rings (SSSR count). The number of β-amino-alcohol motifs (C(OH)–C–C–N with tert-alkyl or cyclic N) is 1. The highest BCUT2D eigenvalue weighted by Crippen LogP contribution is 2.22. The van der Waals surface area contributed by atoms with Crippen LogP contribution in [0.4, 0.5) is 0 Å². The molecule has 20 heavy (non-hydrogen) atoms. The first-order valence-corrected chi connectivity index (χ1v) is 7.17. The first-order chi connectivity index (χ1) is 9.58. The summed E-state index contributed by atoms with van der Waals surface area (Å²) in [5, 5.41) is 15.5. The van der Waals surface area contributed by atoms with Gasteiger partial charge < -0.3 is 15.7 Å². The zero-order valence-electron chi connectivity index (χ0n) is 12.0. The molecule has 110 valence electrons. The van der Waals surface area contributed by atoms with Gasteiger partial charge in [-0.2, -0.15) is 0 Å². The zero-order valence-corrected chi connectivity index (χ0v) is 12.0. The van der Waals surface area contributed by atoms with Crippen molar-refractivity contribution in [3.8, 4) is 0 Å². The van der Waals surface area contributed by atoms with E-state index < -0.39 is 6.10 Å². The number of carbonyl (C=O) groups is 1. The number of amides is 1. The first-order valence-electron chi connectivity index (χ1n) is 7.17. The Morgan fingerprint density at radius 1 is 1.60 bits per heavy atom. The molecule has 0 spiro atoms. The van der Waals surface area contributed by atoms with E-state index in [0.29, 0.717) is 25.4 Å². The number of aliphatic hydroxyl groups is 1. The predicted molar refractivity (Wildman–Crippen MR) is 77.2 cm³/mol. The lowest BCUT2D eigenvalue weighted by Crippen LogP contribution is -2.42. The quantitative estimate of drug-likeness (QED) is 0.739. The molecule has 2 heterocycles. The average Bonchev–Trinajstić information content (AvgIpc) is 2.86. The van der Waals surface area contributed by atoms with Crippen molar-refractivity contribution in [1.29, 1.82) is 0 Å². The molecule has 5 nitrogen and oxygen atoms in total. The van der Waals surface area contributed by atoms with E-state index in [9.17, 15) is 9.90 Å². The SMILES string of the molecule is CC(C)[C@H](CNC(=O)[C@@H]1C[C@@H](O)CN1)c1cccnc1. The second-order valence-corrected chi connectivity index (χ2v) is 5.73. The second kappa shape index (κ2) is 6.81. The molecule has 1 aliphatic heterocycles. The van der Waals surface area contributed by atoms with Crippen LogP contribution in [0.1, 0.15) is 31.7 Å². The fourth-order valence-electron chi connectivity index (χ4n) is 2.58. The van der Waals surface area contributed by atoms with Gasteiger partial charge in [0.15, 0.2) is 0 Å². The fraction of sp³-hybridized carbons (Fsp3) is 0.600. The van der Waals surface area contributed by atoms with Gasteiger partial charge in [-0.25, -0.2) is 0 Å². The lowest BCUT2D eigenvalue weighted by atomic mass is 9.89. The minimum Gasteiger partial charge on any atom is -0.392 e. The predicted octanol–water partition coefficient (Wildman–Crippen LogP) is 0.660. The highest BCUT2D eigenvalue weighted by atomic mass is 16.3. The van der Waals surface area contributed by atoms with Gasteiger partial charge >= 0.3 is 0 Å². The number of pyridine rings is 1. The molecule has 0 aromatic carbocycles. The van der Waals surface area contributed by atoms with E-state index in [1.165, 1.54) is 0 Å². The molecule has 1 aliphatic rings. The smallest absolute Gasteiger partial charge is 0.237 e. The standard InChI is InChI=1S/C15H23N3O2/c1-10(2)13(11-4-3-5-16-7-11)9-18-15(20)14-6-12(19)8-17-14/h3-5,7,10,12-14,17,19H,6,8-9H2,1-2H3,(H,18,20)/t12-,13+,14+/m1/s1. The van der Waals surface area contributed by atoms with Crippen LogP contribution in [0.15, 0.2) is 24.5 Å². The third-order valence-electron chi connectivity index (χ3n) is 3.84. The van der Waals surface area contributed by atoms with Crippen LogP contribution < -0.4 is 10.6 Å². The molecule has 3 N–H and O–H groups in total. The molecule has 1 fully saturated rings. The zero-order chi connectivity index (χ0) is 14.5. The van der Waals surface area contributed by atoms with Crippen molar-refractivity contribution < 1.29 is 9.90 Å². The number of rotatable bonds is 5. The van der Waals surface area contributed by atoms with E-state index in [1.54, 1.807) is 6.20 Å². The van der Waals surface area contributed by atoms with Crippen molar-refractivity contribution >= 4 is 5.91 Å². The first kappa shape index (κ1) is 14.9. The summed E-state index contributed by atoms with van der Waals surface area (Å²) < 4.78 is 0. The molecule has 1 aromatic rings. The number of nitrogens with zero attached hydrogens (tertiary/aromatic N) is 1. The van der Waals surface area contributed by atoms with Crippen LogP contribution >= 0.6 is 0 Å². The Kier molecular flexibility index (Phi) is 5.09. The summed E-state index contributed by atoms with van der Waals surface area (Å²) >= 11 is 0. The van der Waals surface area contributed by atoms with Crippen molar-refractivity contribution in [1.82, 2.24) is 15.6 Å². The monoisotopic (exact) mass is 277 g/mol. The minimum atomic E-state index is -0.412. The molecule has 1 aromatic heterocycles. The van der Waals surface area contributed by atoms with Crippen LogP contribution in [0.2, 0.25) is 0 Å². The molecule has 0 radical (unpaired) electrons. The molecule has 1 saturated heterocycles. The highest BCUT2D eigenvalue weighted by Gasteiger charge is 2.28. The van der Waals surface area contributed by atoms with Gasteiger partial charge in [-0.15, -0.1) is 0 Å². The molecular weight excluding hydrogens is 254 g/mol. The van der Waals surface area contributed by atoms with Gasteiger partial charge in [-0.3, -0.25) is 9.78 Å². The third-order valence-corrected chi connectivity index (χ3v) is 3.84. The van der Waals surface area contributed by atoms with E-state index in [-0.39, 0.29) is 17.9 Å². The molecule has 0 saturated carbocycles. The van der Waals surface area contributed by atoms with E-state index >= 15 is 0 Å². The maximum absolute atomic E-state index is 12.0. The fourth-order valence-corrected chi connectivity index (χ4v) is 2.58. The average molecular weight is 277 g/mol. The topological polar surface area (TPSA) is 74.2 Å². The normalized spacial score (nSPS) is 23.8. The Morgan fingerprint density at radius 3 is 2.95 bits per heavy atom. The largest absolute Gasteiger partial charge is 0.392 e. The Morgan fingerprint density at radius 2 is 2.40 bits per heavy atom. The Bertz CT molecular complexity index is 436. The van der Waals surface area contributed by atoms with Crippen LogP contribution in [-0.4, -0.2) is 41.2 Å². The van der Waals surface area contributed by atoms with E-state index in [0.717, 1.165) is 5.56 Å². The van der Waals surface area contributed by atoms with Gasteiger partial charge in [0.1, 0.15) is 0 Å². The number of hydrogen-bond acceptors (Lipinski definition) is 4. The van der Waals surface area contributed by atoms with E-state index in [4.69, 9.17) is 0 Å². The molecule has 0 bridgehead atoms. The van der Waals surface area contributed by atoms with Crippen LogP contribution in [0.3, 0.4) is 0 Å². The minimum absolute atomic E-state index is 0.0314. The number of aromatic nitrogens is 1. The van der Waals surface area contributed by atoms with Crippen molar-refractivity contribution in [2.45, 2.75) is 38.3 Å². The van der Waals surface area contributed by atoms with E-state index in [2.05, 4.69) is 29.5 Å². The summed E-state index contributed by atoms with van der Waals surface area (Å²) in [5.41, 5.74) is 1.14. The summed E-state index contributed by atoms with van der Waals surface area (Å²) in [7, 11) is 0. The van der Waals surface area contributed by atoms with Gasteiger partial charge in [0.05, 0.1) is 12.1 Å². The molecule has 5 heteroatoms. The van der Waals surface area contributed by atoms with E-state index in [1.807, 2.05) is 18.3 Å². The van der Waals surface area contributed by atoms with Crippen molar-refractivity contribution in [2.24, 2.45) is 5.92 Å². The summed E-state index contributed by atoms with van der Waals surface area (Å²) in [6.07, 6.45) is 3.69. The van der Waals surface area contributed by atoms with Crippen LogP contribution in [0.25, 0.3) is 0 Å². The highest BCUT2D eigenvalue weighted by molar-refractivity contribution is 5.82. The van der Waals surface area contributed by atoms with Gasteiger partial charge in [-0.1, -0.05) is 19.9 Å². The summed E-state index contributed by atoms with van der Waals surface area (Å²) in [6.45, 7) is 5.37. The molecule has 0 unspecified atom stereocenters. The van der Waals surface area contributed by atoms with Crippen molar-refractivity contribution in [3.63, 3.8) is 0 Å². The maximum Gasteiger partial charge on any atom is 0.237 e. The van der Waals surface area contributed by atoms with Crippen molar-refractivity contribution in [2.75, 3.05) is 13.1 Å². The van der Waals surface area contributed by atoms with Crippen molar-refractivity contribution in [3.05, 3.63) is 30.1 Å². The molecular formula is C15H23N3O2. The summed E-state index contributed by atoms with van der Waals surface area (Å²) in [6, 6.07) is 3.69. The summed E-state index contributed by atoms with van der Waals surface area (Å²) in [4.78, 5) is 16.2. The van der Waals surface area contributed by atoms with Gasteiger partial charge in [0.25, 0.3) is 0 Å². The molecule has 0 aliphatic carbocycles. The van der Waals surface area contributed by atoms with Crippen LogP contribution in [0.5, 0.6) is 0 Å². The number of carbonyl (C=O) groups excluding carboxylic acids is 1. The second-order valence-electron chi connectivity index (χ2n) is 5.73. The lowest BCUT2D eigenvalue weighted by molar-refractivity contribution is -0.123. The number of aliphatic hydroxyl groups excluding tert-OH is 1. The Labute approximate surface area is 119 Å². The summed E-state index contributed by atoms with van der Waals surface area (Å²) in [5.74, 6) is 0.636. The Balaban J connectivity index is 1.91. The maximum atomic E-state index is 12.0. The van der Waals surface area contributed by atoms with Crippen LogP contribution in [-0.2, 0) is 4.79 Å². The number of hydrogen-bond donors (Lipinski definition) is 3. The third kappa shape index (κ3) is 3.77. The van der Waals surface area contributed by atoms with Gasteiger partial charge in [-0.05, 0) is 24.0 Å². The lowest BCUT2D eigenvalue weighted by Gasteiger charge is -2.22. The van der Waals surface area contributed by atoms with Crippen LogP contribution in [0, 0.1) is 5.92 Å². The molecule has 1 amide bonds. The van der Waals surface area contributed by atoms with Gasteiger partial charge in [0, 0.05) is 31.4 Å². The molecule has 3 atom stereocenters. The van der Waals surface area contributed by atoms with Gasteiger partial charge in [0.2, 0.25) is 5.91 Å².